The van der Waals surface area contributed by atoms with E-state index in [-0.39, 0.29) is 17.5 Å². The van der Waals surface area contributed by atoms with E-state index in [1.54, 1.807) is 50.6 Å². The summed E-state index contributed by atoms with van der Waals surface area (Å²) < 4.78 is 39.0. The van der Waals surface area contributed by atoms with Crippen LogP contribution in [-0.4, -0.2) is 35.1 Å². The monoisotopic (exact) mass is 496 g/mol. The normalized spacial score (nSPS) is 12.0. The largest absolute Gasteiger partial charge is 0.493 e. The number of hydrogen-bond donors (Lipinski definition) is 1. The van der Waals surface area contributed by atoms with E-state index in [0.29, 0.717) is 23.6 Å². The number of nitrogens with one attached hydrogen (secondary N) is 1. The van der Waals surface area contributed by atoms with E-state index in [0.717, 1.165) is 16.7 Å². The molecule has 1 atom stereocenters. The van der Waals surface area contributed by atoms with Crippen LogP contribution in [0.1, 0.15) is 36.1 Å². The number of methoxy groups -OCH3 is 2. The highest BCUT2D eigenvalue weighted by Crippen LogP contribution is 2.31. The van der Waals surface area contributed by atoms with Crippen LogP contribution in [0.4, 0.5) is 5.69 Å². The minimum atomic E-state index is -3.97. The van der Waals surface area contributed by atoms with Crippen molar-refractivity contribution < 1.29 is 22.7 Å². The summed E-state index contributed by atoms with van der Waals surface area (Å²) in [6.45, 7) is 5.39. The van der Waals surface area contributed by atoms with Crippen LogP contribution in [0.15, 0.2) is 71.6 Å². The molecule has 0 saturated carbocycles. The van der Waals surface area contributed by atoms with Crippen LogP contribution in [0, 0.1) is 13.8 Å². The summed E-state index contributed by atoms with van der Waals surface area (Å²) in [4.78, 5) is 13.3. The molecule has 1 amide bonds. The van der Waals surface area contributed by atoms with Gasteiger partial charge in [0.15, 0.2) is 11.5 Å². The zero-order valence-corrected chi connectivity index (χ0v) is 21.6. The van der Waals surface area contributed by atoms with Crippen molar-refractivity contribution >= 4 is 21.6 Å². The number of carbonyl (C=O) groups excluding carboxylic acids is 1. The maximum absolute atomic E-state index is 13.6. The number of hydrogen-bond acceptors (Lipinski definition) is 5. The lowest BCUT2D eigenvalue weighted by Crippen LogP contribution is -2.42. The van der Waals surface area contributed by atoms with Gasteiger partial charge in [0.05, 0.1) is 30.8 Å². The van der Waals surface area contributed by atoms with Gasteiger partial charge in [-0.2, -0.15) is 0 Å². The fourth-order valence-electron chi connectivity index (χ4n) is 3.99. The summed E-state index contributed by atoms with van der Waals surface area (Å²) in [5, 5.41) is 2.98. The third-order valence-corrected chi connectivity index (χ3v) is 7.45. The molecule has 7 nitrogen and oxygen atoms in total. The topological polar surface area (TPSA) is 84.9 Å². The zero-order valence-electron chi connectivity index (χ0n) is 20.7. The Morgan fingerprint density at radius 3 is 2.11 bits per heavy atom. The van der Waals surface area contributed by atoms with Gasteiger partial charge in [-0.05, 0) is 73.4 Å². The fraction of sp³-hybridized carbons (Fsp3) is 0.296. The van der Waals surface area contributed by atoms with Crippen LogP contribution in [0.2, 0.25) is 0 Å². The van der Waals surface area contributed by atoms with Crippen LogP contribution in [0.25, 0.3) is 0 Å². The highest BCUT2D eigenvalue weighted by atomic mass is 32.2. The molecule has 3 rings (SSSR count). The quantitative estimate of drug-likeness (QED) is 0.437. The number of aryl methyl sites for hydroxylation is 2. The molecule has 0 radical (unpaired) electrons. The molecule has 1 N–H and O–H groups in total. The standard InChI is InChI=1S/C27H32N2O5S/c1-6-24(21-12-13-25(33-4)26(17-21)34-5)28-27(30)18-29(22-15-19(2)14-20(3)16-22)35(31,32)23-10-8-7-9-11-23/h7-17,24H,6,18H2,1-5H3,(H,28,30). The Morgan fingerprint density at radius 2 is 1.54 bits per heavy atom. The Kier molecular flexibility index (Phi) is 8.40. The molecule has 35 heavy (non-hydrogen) atoms. The molecule has 0 bridgehead atoms. The van der Waals surface area contributed by atoms with E-state index >= 15 is 0 Å². The van der Waals surface area contributed by atoms with Crippen LogP contribution < -0.4 is 19.1 Å². The number of anilines is 1. The number of amides is 1. The van der Waals surface area contributed by atoms with Crippen molar-refractivity contribution in [3.05, 3.63) is 83.4 Å². The lowest BCUT2D eigenvalue weighted by atomic mass is 10.0. The number of benzene rings is 3. The van der Waals surface area contributed by atoms with Gasteiger partial charge in [0.2, 0.25) is 5.91 Å². The van der Waals surface area contributed by atoms with Crippen molar-refractivity contribution in [2.45, 2.75) is 38.1 Å². The number of sulfonamides is 1. The molecule has 0 fully saturated rings. The van der Waals surface area contributed by atoms with Crippen LogP contribution in [0.3, 0.4) is 0 Å². The van der Waals surface area contributed by atoms with Crippen LogP contribution in [-0.2, 0) is 14.8 Å². The summed E-state index contributed by atoms with van der Waals surface area (Å²) in [6.07, 6.45) is 0.607. The number of nitrogens with zero attached hydrogens (tertiary/aromatic N) is 1. The van der Waals surface area contributed by atoms with Gasteiger partial charge in [0, 0.05) is 0 Å². The van der Waals surface area contributed by atoms with E-state index in [9.17, 15) is 13.2 Å². The second-order valence-corrected chi connectivity index (χ2v) is 10.2. The summed E-state index contributed by atoms with van der Waals surface area (Å²) in [5.74, 6) is 0.735. The summed E-state index contributed by atoms with van der Waals surface area (Å²) >= 11 is 0. The van der Waals surface area contributed by atoms with E-state index in [4.69, 9.17) is 9.47 Å². The van der Waals surface area contributed by atoms with Gasteiger partial charge in [-0.15, -0.1) is 0 Å². The Bertz CT molecular complexity index is 1260. The Labute approximate surface area is 207 Å². The lowest BCUT2D eigenvalue weighted by molar-refractivity contribution is -0.120. The van der Waals surface area contributed by atoms with Gasteiger partial charge in [0.1, 0.15) is 6.54 Å². The summed E-state index contributed by atoms with van der Waals surface area (Å²) in [7, 11) is -0.860. The summed E-state index contributed by atoms with van der Waals surface area (Å²) in [6, 6.07) is 18.8. The molecule has 8 heteroatoms. The van der Waals surface area contributed by atoms with Crippen molar-refractivity contribution in [2.24, 2.45) is 0 Å². The van der Waals surface area contributed by atoms with Crippen molar-refractivity contribution in [1.29, 1.82) is 0 Å². The first-order valence-electron chi connectivity index (χ1n) is 11.4. The van der Waals surface area contributed by atoms with Crippen molar-refractivity contribution in [3.63, 3.8) is 0 Å². The minimum Gasteiger partial charge on any atom is -0.493 e. The van der Waals surface area contributed by atoms with Crippen molar-refractivity contribution in [1.82, 2.24) is 5.32 Å². The maximum Gasteiger partial charge on any atom is 0.264 e. The van der Waals surface area contributed by atoms with Gasteiger partial charge >= 0.3 is 0 Å². The second kappa shape index (κ2) is 11.3. The molecule has 186 valence electrons. The predicted octanol–water partition coefficient (Wildman–Crippen LogP) is 4.78. The Morgan fingerprint density at radius 1 is 0.914 bits per heavy atom. The number of carbonyl (C=O) groups is 1. The smallest absolute Gasteiger partial charge is 0.264 e. The minimum absolute atomic E-state index is 0.124. The van der Waals surface area contributed by atoms with Crippen molar-refractivity contribution in [3.8, 4) is 11.5 Å². The average Bonchev–Trinajstić information content (AvgIpc) is 2.85. The molecule has 0 aromatic heterocycles. The van der Waals surface area contributed by atoms with Crippen molar-refractivity contribution in [2.75, 3.05) is 25.1 Å². The predicted molar refractivity (Wildman–Crippen MR) is 138 cm³/mol. The lowest BCUT2D eigenvalue weighted by Gasteiger charge is -2.26. The molecule has 0 heterocycles. The molecule has 3 aromatic carbocycles. The van der Waals surface area contributed by atoms with E-state index < -0.39 is 15.9 Å². The van der Waals surface area contributed by atoms with Gasteiger partial charge in [-0.25, -0.2) is 8.42 Å². The maximum atomic E-state index is 13.6. The molecule has 1 unspecified atom stereocenters. The Hall–Kier alpha value is -3.52. The van der Waals surface area contributed by atoms with Gasteiger partial charge in [-0.3, -0.25) is 9.10 Å². The molecular weight excluding hydrogens is 464 g/mol. The number of ether oxygens (including phenoxy) is 2. The first-order valence-corrected chi connectivity index (χ1v) is 12.8. The SMILES string of the molecule is CCC(NC(=O)CN(c1cc(C)cc(C)c1)S(=O)(=O)c1ccccc1)c1ccc(OC)c(OC)c1. The van der Waals surface area contributed by atoms with E-state index in [1.807, 2.05) is 39.0 Å². The first kappa shape index (κ1) is 26.1. The molecule has 0 saturated heterocycles. The van der Waals surface area contributed by atoms with Gasteiger partial charge < -0.3 is 14.8 Å². The molecule has 0 spiro atoms. The zero-order chi connectivity index (χ0) is 25.6. The van der Waals surface area contributed by atoms with Crippen LogP contribution >= 0.6 is 0 Å². The molecule has 0 aliphatic rings. The second-order valence-electron chi connectivity index (χ2n) is 8.31. The van der Waals surface area contributed by atoms with Crippen LogP contribution in [0.5, 0.6) is 11.5 Å². The van der Waals surface area contributed by atoms with E-state index in [1.165, 1.54) is 16.4 Å². The molecule has 0 aliphatic carbocycles. The molecular formula is C27H32N2O5S. The number of rotatable bonds is 10. The third kappa shape index (κ3) is 6.14. The average molecular weight is 497 g/mol. The molecule has 0 aliphatic heterocycles. The van der Waals surface area contributed by atoms with Gasteiger partial charge in [0.25, 0.3) is 10.0 Å². The molecule has 3 aromatic rings. The van der Waals surface area contributed by atoms with Gasteiger partial charge in [-0.1, -0.05) is 37.3 Å². The summed E-state index contributed by atoms with van der Waals surface area (Å²) in [5.41, 5.74) is 3.10. The highest BCUT2D eigenvalue weighted by Gasteiger charge is 2.28. The Balaban J connectivity index is 1.93. The first-order chi connectivity index (χ1) is 16.7. The third-order valence-electron chi connectivity index (χ3n) is 5.67. The van der Waals surface area contributed by atoms with E-state index in [2.05, 4.69) is 5.32 Å². The fourth-order valence-corrected chi connectivity index (χ4v) is 5.42. The highest BCUT2D eigenvalue weighted by molar-refractivity contribution is 7.92.